The molecule has 0 saturated heterocycles. The molecular weight excluding hydrogens is 274 g/mol. The van der Waals surface area contributed by atoms with Crippen LogP contribution in [0.5, 0.6) is 0 Å². The second kappa shape index (κ2) is 7.83. The van der Waals surface area contributed by atoms with Crippen molar-refractivity contribution in [2.75, 3.05) is 0 Å². The SMILES string of the molecule is CCCCCC/C=C/Cc1c(C)c(=O)c2ccccc2n1O. The summed E-state index contributed by atoms with van der Waals surface area (Å²) in [5.74, 6) is 0. The largest absolute Gasteiger partial charge is 0.428 e. The molecule has 0 bridgehead atoms. The topological polar surface area (TPSA) is 42.2 Å². The van der Waals surface area contributed by atoms with Crippen LogP contribution in [-0.4, -0.2) is 9.94 Å². The number of rotatable bonds is 7. The fourth-order valence-corrected chi connectivity index (χ4v) is 2.73. The predicted molar refractivity (Wildman–Crippen MR) is 91.7 cm³/mol. The van der Waals surface area contributed by atoms with E-state index in [1.54, 1.807) is 19.1 Å². The number of hydrogen-bond donors (Lipinski definition) is 1. The number of aromatic nitrogens is 1. The Kier molecular flexibility index (Phi) is 5.82. The Morgan fingerprint density at radius 3 is 2.68 bits per heavy atom. The van der Waals surface area contributed by atoms with Gasteiger partial charge in [0.25, 0.3) is 0 Å². The summed E-state index contributed by atoms with van der Waals surface area (Å²) in [6.45, 7) is 3.99. The van der Waals surface area contributed by atoms with Crippen LogP contribution < -0.4 is 5.43 Å². The van der Waals surface area contributed by atoms with Crippen LogP contribution in [0, 0.1) is 6.92 Å². The van der Waals surface area contributed by atoms with Crippen LogP contribution in [0.3, 0.4) is 0 Å². The van der Waals surface area contributed by atoms with Gasteiger partial charge in [-0.05, 0) is 31.9 Å². The maximum Gasteiger partial charge on any atom is 0.192 e. The van der Waals surface area contributed by atoms with Crippen LogP contribution in [0.15, 0.2) is 41.2 Å². The van der Waals surface area contributed by atoms with E-state index in [-0.39, 0.29) is 5.43 Å². The minimum Gasteiger partial charge on any atom is -0.428 e. The second-order valence-corrected chi connectivity index (χ2v) is 5.75. The molecule has 0 unspecified atom stereocenters. The van der Waals surface area contributed by atoms with Crippen molar-refractivity contribution in [3.63, 3.8) is 0 Å². The van der Waals surface area contributed by atoms with Crippen molar-refractivity contribution in [2.24, 2.45) is 0 Å². The number of pyridine rings is 1. The molecule has 3 heteroatoms. The molecule has 22 heavy (non-hydrogen) atoms. The minimum atomic E-state index is 0.00671. The smallest absolute Gasteiger partial charge is 0.192 e. The van der Waals surface area contributed by atoms with Crippen molar-refractivity contribution < 1.29 is 5.21 Å². The Hall–Kier alpha value is -2.03. The molecule has 1 heterocycles. The lowest BCUT2D eigenvalue weighted by Crippen LogP contribution is -2.16. The van der Waals surface area contributed by atoms with Crippen molar-refractivity contribution in [3.05, 3.63) is 57.9 Å². The molecule has 0 saturated carbocycles. The highest BCUT2D eigenvalue weighted by atomic mass is 16.5. The Labute approximate surface area is 131 Å². The van der Waals surface area contributed by atoms with Gasteiger partial charge in [0.2, 0.25) is 0 Å². The van der Waals surface area contributed by atoms with Crippen LogP contribution in [0.1, 0.15) is 50.3 Å². The highest BCUT2D eigenvalue weighted by Crippen LogP contribution is 2.15. The first kappa shape index (κ1) is 16.3. The zero-order valence-corrected chi connectivity index (χ0v) is 13.5. The lowest BCUT2D eigenvalue weighted by molar-refractivity contribution is 0.189. The second-order valence-electron chi connectivity index (χ2n) is 5.75. The van der Waals surface area contributed by atoms with E-state index in [9.17, 15) is 10.0 Å². The average Bonchev–Trinajstić information content (AvgIpc) is 2.54. The maximum absolute atomic E-state index is 12.4. The van der Waals surface area contributed by atoms with Gasteiger partial charge in [-0.1, -0.05) is 50.5 Å². The van der Waals surface area contributed by atoms with Gasteiger partial charge < -0.3 is 5.21 Å². The summed E-state index contributed by atoms with van der Waals surface area (Å²) >= 11 is 0. The molecule has 0 amide bonds. The first-order valence-electron chi connectivity index (χ1n) is 8.14. The van der Waals surface area contributed by atoms with Crippen LogP contribution in [-0.2, 0) is 6.42 Å². The van der Waals surface area contributed by atoms with Crippen LogP contribution >= 0.6 is 0 Å². The van der Waals surface area contributed by atoms with Gasteiger partial charge in [0.1, 0.15) is 0 Å². The summed E-state index contributed by atoms with van der Waals surface area (Å²) in [4.78, 5) is 12.4. The number of nitrogens with zero attached hydrogens (tertiary/aromatic N) is 1. The monoisotopic (exact) mass is 299 g/mol. The third-order valence-corrected chi connectivity index (χ3v) is 4.11. The van der Waals surface area contributed by atoms with E-state index in [4.69, 9.17) is 0 Å². The van der Waals surface area contributed by atoms with Crippen molar-refractivity contribution in [1.29, 1.82) is 0 Å². The fourth-order valence-electron chi connectivity index (χ4n) is 2.73. The summed E-state index contributed by atoms with van der Waals surface area (Å²) in [6, 6.07) is 7.18. The van der Waals surface area contributed by atoms with Crippen LogP contribution in [0.25, 0.3) is 10.9 Å². The third kappa shape index (κ3) is 3.59. The van der Waals surface area contributed by atoms with E-state index in [2.05, 4.69) is 19.1 Å². The Morgan fingerprint density at radius 1 is 1.14 bits per heavy atom. The van der Waals surface area contributed by atoms with E-state index in [1.807, 2.05) is 12.1 Å². The molecule has 0 aliphatic carbocycles. The maximum atomic E-state index is 12.4. The van der Waals surface area contributed by atoms with E-state index < -0.39 is 0 Å². The van der Waals surface area contributed by atoms with Gasteiger partial charge in [-0.2, -0.15) is 4.73 Å². The van der Waals surface area contributed by atoms with Gasteiger partial charge >= 0.3 is 0 Å². The first-order chi connectivity index (χ1) is 10.7. The quantitative estimate of drug-likeness (QED) is 0.460. The molecule has 1 N–H and O–H groups in total. The number of allylic oxidation sites excluding steroid dienone is 2. The highest BCUT2D eigenvalue weighted by Gasteiger charge is 2.11. The van der Waals surface area contributed by atoms with Crippen molar-refractivity contribution in [2.45, 2.75) is 52.4 Å². The van der Waals surface area contributed by atoms with Gasteiger partial charge in [0, 0.05) is 17.4 Å². The third-order valence-electron chi connectivity index (χ3n) is 4.11. The summed E-state index contributed by atoms with van der Waals surface area (Å²) in [7, 11) is 0. The molecule has 0 aliphatic heterocycles. The van der Waals surface area contributed by atoms with E-state index in [1.165, 1.54) is 25.7 Å². The minimum absolute atomic E-state index is 0.00671. The molecular formula is C19H25NO2. The van der Waals surface area contributed by atoms with Gasteiger partial charge in [-0.15, -0.1) is 0 Å². The molecule has 2 aromatic rings. The normalized spacial score (nSPS) is 11.5. The van der Waals surface area contributed by atoms with Gasteiger partial charge in [0.15, 0.2) is 5.43 Å². The van der Waals surface area contributed by atoms with Crippen LogP contribution in [0.2, 0.25) is 0 Å². The number of fused-ring (bicyclic) bond motifs is 1. The lowest BCUT2D eigenvalue weighted by Gasteiger charge is -2.12. The van der Waals surface area contributed by atoms with E-state index >= 15 is 0 Å². The summed E-state index contributed by atoms with van der Waals surface area (Å²) in [6.07, 6.45) is 10.8. The molecule has 0 spiro atoms. The van der Waals surface area contributed by atoms with Crippen molar-refractivity contribution >= 4 is 10.9 Å². The summed E-state index contributed by atoms with van der Waals surface area (Å²) in [5, 5.41) is 10.9. The number of hydrogen-bond acceptors (Lipinski definition) is 2. The van der Waals surface area contributed by atoms with Crippen molar-refractivity contribution in [1.82, 2.24) is 4.73 Å². The molecule has 0 fully saturated rings. The fraction of sp³-hybridized carbons (Fsp3) is 0.421. The first-order valence-corrected chi connectivity index (χ1v) is 8.14. The Morgan fingerprint density at radius 2 is 1.91 bits per heavy atom. The zero-order valence-electron chi connectivity index (χ0n) is 13.5. The average molecular weight is 299 g/mol. The van der Waals surface area contributed by atoms with Gasteiger partial charge in [-0.25, -0.2) is 0 Å². The molecule has 3 nitrogen and oxygen atoms in total. The van der Waals surface area contributed by atoms with E-state index in [0.717, 1.165) is 11.2 Å². The van der Waals surface area contributed by atoms with Gasteiger partial charge in [-0.3, -0.25) is 4.79 Å². The molecule has 0 radical (unpaired) electrons. The molecule has 118 valence electrons. The molecule has 1 aromatic carbocycles. The zero-order chi connectivity index (χ0) is 15.9. The number of unbranched alkanes of at least 4 members (excludes halogenated alkanes) is 4. The summed E-state index contributed by atoms with van der Waals surface area (Å²) < 4.78 is 1.16. The Bertz CT molecular complexity index is 713. The van der Waals surface area contributed by atoms with Crippen LogP contribution in [0.4, 0.5) is 0 Å². The molecule has 2 rings (SSSR count). The summed E-state index contributed by atoms with van der Waals surface area (Å²) in [5.41, 5.74) is 1.88. The van der Waals surface area contributed by atoms with E-state index in [0.29, 0.717) is 28.6 Å². The number of benzene rings is 1. The molecule has 1 aromatic heterocycles. The van der Waals surface area contributed by atoms with Gasteiger partial charge in [0.05, 0.1) is 11.2 Å². The van der Waals surface area contributed by atoms with Crippen molar-refractivity contribution in [3.8, 4) is 0 Å². The standard InChI is InChI=1S/C19H25NO2/c1-3-4-5-6-7-8-9-13-17-15(2)19(21)16-12-10-11-14-18(16)20(17)22/h8-12,14,22H,3-7,13H2,1-2H3/b9-8+. The highest BCUT2D eigenvalue weighted by molar-refractivity contribution is 5.79. The molecule has 0 aliphatic rings. The predicted octanol–water partition coefficient (Wildman–Crippen LogP) is 4.62. The number of para-hydroxylation sites is 1. The molecule has 0 atom stereocenters. The lowest BCUT2D eigenvalue weighted by atomic mass is 10.1. The Balaban J connectivity index is 2.15.